The Balaban J connectivity index is 1.77. The highest BCUT2D eigenvalue weighted by Crippen LogP contribution is 2.33. The van der Waals surface area contributed by atoms with Crippen LogP contribution in [0.1, 0.15) is 33.3 Å². The van der Waals surface area contributed by atoms with Crippen molar-refractivity contribution < 1.29 is 9.76 Å². The van der Waals surface area contributed by atoms with E-state index in [2.05, 4.69) is 24.3 Å². The maximum atomic E-state index is 10.2. The van der Waals surface area contributed by atoms with Crippen LogP contribution >= 0.6 is 11.3 Å². The van der Waals surface area contributed by atoms with Crippen molar-refractivity contribution >= 4 is 34.4 Å². The first kappa shape index (κ1) is 18.7. The minimum atomic E-state index is -0.942. The predicted octanol–water partition coefficient (Wildman–Crippen LogP) is 4.25. The standard InChI is InChI=1S/C21H21BNO2S/c1-20(2,24)21(3,4)25-22-17-8-6-15(7-9-17)19-12-16-11-14(13-23)5-10-18(16)26-19/h5-12,24H,1-4H3. The molecule has 0 aliphatic heterocycles. The minimum absolute atomic E-state index is 0.679. The number of hydrogen-bond acceptors (Lipinski definition) is 4. The Morgan fingerprint density at radius 2 is 1.73 bits per heavy atom. The molecule has 1 aromatic heterocycles. The third-order valence-corrected chi connectivity index (χ3v) is 5.97. The molecular weight excluding hydrogens is 341 g/mol. The zero-order valence-corrected chi connectivity index (χ0v) is 16.2. The molecule has 0 atom stereocenters. The molecule has 0 bridgehead atoms. The van der Waals surface area contributed by atoms with Crippen molar-refractivity contribution in [1.82, 2.24) is 0 Å². The maximum absolute atomic E-state index is 10.2. The molecule has 1 heterocycles. The van der Waals surface area contributed by atoms with E-state index in [1.807, 2.05) is 44.2 Å². The van der Waals surface area contributed by atoms with E-state index < -0.39 is 11.2 Å². The van der Waals surface area contributed by atoms with Gasteiger partial charge in [-0.15, -0.1) is 11.3 Å². The summed E-state index contributed by atoms with van der Waals surface area (Å²) in [6.45, 7) is 7.21. The summed E-state index contributed by atoms with van der Waals surface area (Å²) in [6.07, 6.45) is 0. The van der Waals surface area contributed by atoms with Gasteiger partial charge < -0.3 is 9.76 Å². The molecule has 26 heavy (non-hydrogen) atoms. The van der Waals surface area contributed by atoms with E-state index in [9.17, 15) is 5.11 Å². The number of hydrogen-bond donors (Lipinski definition) is 1. The lowest BCUT2D eigenvalue weighted by atomic mass is 9.82. The van der Waals surface area contributed by atoms with Crippen molar-refractivity contribution in [3.05, 3.63) is 54.1 Å². The first-order valence-corrected chi connectivity index (χ1v) is 9.29. The number of rotatable bonds is 5. The Hall–Kier alpha value is -2.13. The van der Waals surface area contributed by atoms with E-state index in [4.69, 9.17) is 9.92 Å². The Labute approximate surface area is 159 Å². The fourth-order valence-corrected chi connectivity index (χ4v) is 3.39. The van der Waals surface area contributed by atoms with Crippen LogP contribution in [0.15, 0.2) is 48.5 Å². The number of aliphatic hydroxyl groups is 1. The second-order valence-electron chi connectivity index (χ2n) is 7.40. The third kappa shape index (κ3) is 3.83. The smallest absolute Gasteiger partial charge is 0.330 e. The number of thiophene rings is 1. The van der Waals surface area contributed by atoms with Crippen molar-refractivity contribution in [2.45, 2.75) is 38.9 Å². The largest absolute Gasteiger partial charge is 0.427 e. The lowest BCUT2D eigenvalue weighted by Gasteiger charge is -2.37. The normalized spacial score (nSPS) is 12.2. The van der Waals surface area contributed by atoms with Gasteiger partial charge in [0.1, 0.15) is 0 Å². The third-order valence-electron chi connectivity index (χ3n) is 4.80. The number of benzene rings is 2. The van der Waals surface area contributed by atoms with Gasteiger partial charge in [-0.3, -0.25) is 0 Å². The molecule has 0 saturated carbocycles. The summed E-state index contributed by atoms with van der Waals surface area (Å²) in [6, 6.07) is 18.2. The molecule has 131 valence electrons. The van der Waals surface area contributed by atoms with Gasteiger partial charge in [0.15, 0.2) is 0 Å². The van der Waals surface area contributed by atoms with Crippen molar-refractivity contribution in [3.8, 4) is 16.5 Å². The zero-order chi connectivity index (χ0) is 18.9. The fourth-order valence-electron chi connectivity index (χ4n) is 2.34. The molecular formula is C21H21BNO2S. The average Bonchev–Trinajstić information content (AvgIpc) is 3.02. The first-order valence-electron chi connectivity index (χ1n) is 8.47. The van der Waals surface area contributed by atoms with Crippen LogP contribution in [0, 0.1) is 11.3 Å². The van der Waals surface area contributed by atoms with Crippen LogP contribution in [0.5, 0.6) is 0 Å². The van der Waals surface area contributed by atoms with Crippen molar-refractivity contribution in [2.24, 2.45) is 0 Å². The quantitative estimate of drug-likeness (QED) is 0.691. The Morgan fingerprint density at radius 1 is 1.04 bits per heavy atom. The van der Waals surface area contributed by atoms with Gasteiger partial charge in [0, 0.05) is 9.58 Å². The topological polar surface area (TPSA) is 53.2 Å². The van der Waals surface area contributed by atoms with Gasteiger partial charge in [-0.25, -0.2) is 0 Å². The molecule has 3 aromatic rings. The van der Waals surface area contributed by atoms with E-state index in [0.29, 0.717) is 5.56 Å². The van der Waals surface area contributed by atoms with Gasteiger partial charge in [-0.2, -0.15) is 5.26 Å². The van der Waals surface area contributed by atoms with Gasteiger partial charge in [0.25, 0.3) is 0 Å². The SMILES string of the molecule is CC(C)(O)C(C)(C)O[B]c1ccc(-c2cc3cc(C#N)ccc3s2)cc1. The molecule has 2 aromatic carbocycles. The summed E-state index contributed by atoms with van der Waals surface area (Å²) in [5.41, 5.74) is 1.12. The highest BCUT2D eigenvalue weighted by atomic mass is 32.1. The van der Waals surface area contributed by atoms with Crippen LogP contribution in [-0.2, 0) is 4.65 Å². The van der Waals surface area contributed by atoms with Crippen LogP contribution in [0.2, 0.25) is 0 Å². The predicted molar refractivity (Wildman–Crippen MR) is 109 cm³/mol. The first-order chi connectivity index (χ1) is 12.2. The molecule has 0 aliphatic rings. The van der Waals surface area contributed by atoms with Gasteiger partial charge in [0.05, 0.1) is 22.8 Å². The lowest BCUT2D eigenvalue weighted by molar-refractivity contribution is -0.0893. The summed E-state index contributed by atoms with van der Waals surface area (Å²) in [5, 5.41) is 20.3. The molecule has 0 saturated heterocycles. The summed E-state index contributed by atoms with van der Waals surface area (Å²) >= 11 is 1.71. The molecule has 1 N–H and O–H groups in total. The summed E-state index contributed by atoms with van der Waals surface area (Å²) in [4.78, 5) is 1.17. The van der Waals surface area contributed by atoms with Crippen LogP contribution in [0.25, 0.3) is 20.5 Å². The summed E-state index contributed by atoms with van der Waals surface area (Å²) < 4.78 is 6.97. The zero-order valence-electron chi connectivity index (χ0n) is 15.4. The van der Waals surface area contributed by atoms with E-state index in [-0.39, 0.29) is 0 Å². The van der Waals surface area contributed by atoms with E-state index in [0.717, 1.165) is 16.4 Å². The summed E-state index contributed by atoms with van der Waals surface area (Å²) in [7, 11) is 1.69. The van der Waals surface area contributed by atoms with Crippen LogP contribution in [0.3, 0.4) is 0 Å². The lowest BCUT2D eigenvalue weighted by Crippen LogP contribution is -2.49. The molecule has 0 amide bonds. The maximum Gasteiger partial charge on any atom is 0.330 e. The van der Waals surface area contributed by atoms with Gasteiger partial charge >= 0.3 is 7.48 Å². The van der Waals surface area contributed by atoms with E-state index in [1.165, 1.54) is 9.58 Å². The second kappa shape index (κ2) is 6.88. The van der Waals surface area contributed by atoms with Crippen LogP contribution < -0.4 is 5.46 Å². The average molecular weight is 362 g/mol. The highest BCUT2D eigenvalue weighted by Gasteiger charge is 2.35. The van der Waals surface area contributed by atoms with Gasteiger partial charge in [-0.05, 0) is 62.9 Å². The Bertz CT molecular complexity index is 962. The van der Waals surface area contributed by atoms with Crippen molar-refractivity contribution in [1.29, 1.82) is 5.26 Å². The van der Waals surface area contributed by atoms with Gasteiger partial charge in [0.2, 0.25) is 0 Å². The monoisotopic (exact) mass is 362 g/mol. The summed E-state index contributed by atoms with van der Waals surface area (Å²) in [5.74, 6) is 0. The number of nitrogens with zero attached hydrogens (tertiary/aromatic N) is 1. The molecule has 0 aliphatic carbocycles. The number of nitriles is 1. The number of fused-ring (bicyclic) bond motifs is 1. The second-order valence-corrected chi connectivity index (χ2v) is 8.49. The molecule has 3 nitrogen and oxygen atoms in total. The van der Waals surface area contributed by atoms with Crippen LogP contribution in [-0.4, -0.2) is 23.8 Å². The minimum Gasteiger partial charge on any atom is -0.427 e. The molecule has 1 radical (unpaired) electrons. The molecule has 5 heteroatoms. The van der Waals surface area contributed by atoms with Crippen molar-refractivity contribution in [3.63, 3.8) is 0 Å². The molecule has 0 fully saturated rings. The Morgan fingerprint density at radius 3 is 2.35 bits per heavy atom. The van der Waals surface area contributed by atoms with E-state index in [1.54, 1.807) is 32.7 Å². The molecule has 0 spiro atoms. The van der Waals surface area contributed by atoms with Gasteiger partial charge in [-0.1, -0.05) is 29.7 Å². The van der Waals surface area contributed by atoms with Crippen molar-refractivity contribution in [2.75, 3.05) is 0 Å². The molecule has 3 rings (SSSR count). The Kier molecular flexibility index (Phi) is 4.94. The molecule has 0 unspecified atom stereocenters. The van der Waals surface area contributed by atoms with E-state index >= 15 is 0 Å². The fraction of sp³-hybridized carbons (Fsp3) is 0.286. The highest BCUT2D eigenvalue weighted by molar-refractivity contribution is 7.22. The van der Waals surface area contributed by atoms with Crippen LogP contribution in [0.4, 0.5) is 0 Å².